The van der Waals surface area contributed by atoms with Crippen molar-refractivity contribution in [3.05, 3.63) is 0 Å². The molecule has 1 N–H and O–H groups in total. The Morgan fingerprint density at radius 1 is 1.38 bits per heavy atom. The van der Waals surface area contributed by atoms with E-state index in [-0.39, 0.29) is 5.54 Å². The summed E-state index contributed by atoms with van der Waals surface area (Å²) in [6.07, 6.45) is 4.21. The monoisotopic (exact) mass is 224 g/mol. The van der Waals surface area contributed by atoms with Gasteiger partial charge >= 0.3 is 0 Å². The zero-order chi connectivity index (χ0) is 11.2. The Bertz CT molecular complexity index is 267. The summed E-state index contributed by atoms with van der Waals surface area (Å²) in [7, 11) is 0. The van der Waals surface area contributed by atoms with E-state index in [0.29, 0.717) is 0 Å². The van der Waals surface area contributed by atoms with E-state index < -0.39 is 0 Å². The molecule has 3 aliphatic heterocycles. The number of nitrogens with one attached hydrogen (secondary N) is 1. The first-order valence-electron chi connectivity index (χ1n) is 6.74. The fourth-order valence-corrected chi connectivity index (χ4v) is 3.65. The molecule has 3 aliphatic rings. The zero-order valence-corrected chi connectivity index (χ0v) is 10.5. The highest BCUT2D eigenvalue weighted by Gasteiger charge is 2.41. The van der Waals surface area contributed by atoms with E-state index in [1.165, 1.54) is 25.8 Å². The summed E-state index contributed by atoms with van der Waals surface area (Å²) < 4.78 is 5.58. The molecule has 3 rings (SSSR count). The molecule has 3 nitrogen and oxygen atoms in total. The van der Waals surface area contributed by atoms with Crippen LogP contribution in [0.2, 0.25) is 0 Å². The minimum absolute atomic E-state index is 0.236. The van der Waals surface area contributed by atoms with Crippen LogP contribution in [0.4, 0.5) is 0 Å². The molecule has 2 bridgehead atoms. The third-order valence-corrected chi connectivity index (χ3v) is 4.70. The maximum Gasteiger partial charge on any atom is 0.0645 e. The summed E-state index contributed by atoms with van der Waals surface area (Å²) in [4.78, 5) is 2.64. The molecule has 0 amide bonds. The summed E-state index contributed by atoms with van der Waals surface area (Å²) in [5.41, 5.74) is 0.236. The van der Waals surface area contributed by atoms with E-state index in [0.717, 1.165) is 37.8 Å². The van der Waals surface area contributed by atoms with Crippen molar-refractivity contribution in [3.63, 3.8) is 0 Å². The van der Waals surface area contributed by atoms with Crippen molar-refractivity contribution < 1.29 is 4.74 Å². The fourth-order valence-electron chi connectivity index (χ4n) is 3.65. The lowest BCUT2D eigenvalue weighted by molar-refractivity contribution is -0.0583. The van der Waals surface area contributed by atoms with Gasteiger partial charge in [-0.3, -0.25) is 4.90 Å². The minimum atomic E-state index is 0.236. The van der Waals surface area contributed by atoms with Crippen molar-refractivity contribution in [1.29, 1.82) is 0 Å². The van der Waals surface area contributed by atoms with Crippen LogP contribution in [0.5, 0.6) is 0 Å². The largest absolute Gasteiger partial charge is 0.378 e. The Morgan fingerprint density at radius 3 is 2.88 bits per heavy atom. The number of morpholine rings is 1. The van der Waals surface area contributed by atoms with Crippen LogP contribution in [0.1, 0.15) is 33.1 Å². The first kappa shape index (κ1) is 11.0. The molecule has 0 aliphatic carbocycles. The van der Waals surface area contributed by atoms with Gasteiger partial charge in [0, 0.05) is 30.7 Å². The molecule has 0 saturated carbocycles. The molecule has 3 fully saturated rings. The van der Waals surface area contributed by atoms with Gasteiger partial charge < -0.3 is 10.1 Å². The van der Waals surface area contributed by atoms with E-state index in [4.69, 9.17) is 4.74 Å². The molecule has 3 saturated heterocycles. The normalized spacial score (nSPS) is 42.8. The van der Waals surface area contributed by atoms with Crippen LogP contribution in [0.3, 0.4) is 0 Å². The molecule has 3 atom stereocenters. The fraction of sp³-hybridized carbons (Fsp3) is 1.00. The third-order valence-electron chi connectivity index (χ3n) is 4.70. The van der Waals surface area contributed by atoms with Gasteiger partial charge in [-0.1, -0.05) is 0 Å². The van der Waals surface area contributed by atoms with Gasteiger partial charge in [0.2, 0.25) is 0 Å². The number of fused-ring (bicyclic) bond motifs is 2. The number of hydrogen-bond acceptors (Lipinski definition) is 3. The second-order valence-corrected chi connectivity index (χ2v) is 6.35. The van der Waals surface area contributed by atoms with Crippen LogP contribution in [0, 0.1) is 5.92 Å². The Balaban J connectivity index is 1.61. The first-order valence-corrected chi connectivity index (χ1v) is 6.74. The number of rotatable bonds is 2. The summed E-state index contributed by atoms with van der Waals surface area (Å²) in [6, 6.07) is 1.64. The average molecular weight is 224 g/mol. The Morgan fingerprint density at radius 2 is 2.25 bits per heavy atom. The molecule has 0 spiro atoms. The lowest BCUT2D eigenvalue weighted by Gasteiger charge is -2.44. The van der Waals surface area contributed by atoms with Gasteiger partial charge in [-0.25, -0.2) is 0 Å². The molecule has 0 aromatic rings. The second-order valence-electron chi connectivity index (χ2n) is 6.35. The number of hydrogen-bond donors (Lipinski definition) is 1. The summed E-state index contributed by atoms with van der Waals surface area (Å²) in [5.74, 6) is 0.885. The number of ether oxygens (including phenoxy) is 1. The molecule has 3 heteroatoms. The maximum absolute atomic E-state index is 5.58. The number of nitrogens with zero attached hydrogens (tertiary/aromatic N) is 1. The third kappa shape index (κ3) is 1.89. The second kappa shape index (κ2) is 3.97. The van der Waals surface area contributed by atoms with Crippen molar-refractivity contribution in [2.45, 2.75) is 50.7 Å². The lowest BCUT2D eigenvalue weighted by Crippen LogP contribution is -2.55. The molecule has 0 radical (unpaired) electrons. The Kier molecular flexibility index (Phi) is 2.73. The molecule has 92 valence electrons. The summed E-state index contributed by atoms with van der Waals surface area (Å²) >= 11 is 0. The maximum atomic E-state index is 5.58. The van der Waals surface area contributed by atoms with Gasteiger partial charge in [-0.15, -0.1) is 0 Å². The Hall–Kier alpha value is -0.120. The highest BCUT2D eigenvalue weighted by molar-refractivity contribution is 4.99. The zero-order valence-electron chi connectivity index (χ0n) is 10.5. The molecular formula is C13H24N2O. The van der Waals surface area contributed by atoms with Gasteiger partial charge in [-0.05, 0) is 39.0 Å². The van der Waals surface area contributed by atoms with Crippen molar-refractivity contribution in [2.75, 3.05) is 26.3 Å². The van der Waals surface area contributed by atoms with E-state index in [9.17, 15) is 0 Å². The molecule has 16 heavy (non-hydrogen) atoms. The predicted molar refractivity (Wildman–Crippen MR) is 64.5 cm³/mol. The standard InChI is InChI=1S/C13H24N2O/c1-13(2)9-16-6-5-15(13)8-10-7-11-3-4-12(10)14-11/h10-12,14H,3-9H2,1-2H3. The highest BCUT2D eigenvalue weighted by atomic mass is 16.5. The smallest absolute Gasteiger partial charge is 0.0645 e. The van der Waals surface area contributed by atoms with Crippen molar-refractivity contribution >= 4 is 0 Å². The van der Waals surface area contributed by atoms with Gasteiger partial charge in [0.25, 0.3) is 0 Å². The van der Waals surface area contributed by atoms with Gasteiger partial charge in [-0.2, -0.15) is 0 Å². The van der Waals surface area contributed by atoms with E-state index in [2.05, 4.69) is 24.1 Å². The van der Waals surface area contributed by atoms with Crippen LogP contribution in [-0.2, 0) is 4.74 Å². The summed E-state index contributed by atoms with van der Waals surface area (Å²) in [5, 5.41) is 3.74. The van der Waals surface area contributed by atoms with Gasteiger partial charge in [0.15, 0.2) is 0 Å². The topological polar surface area (TPSA) is 24.5 Å². The van der Waals surface area contributed by atoms with Crippen LogP contribution < -0.4 is 5.32 Å². The predicted octanol–water partition coefficient (Wildman–Crippen LogP) is 1.24. The molecular weight excluding hydrogens is 200 g/mol. The molecule has 0 aromatic carbocycles. The van der Waals surface area contributed by atoms with E-state index >= 15 is 0 Å². The summed E-state index contributed by atoms with van der Waals surface area (Å²) in [6.45, 7) is 8.81. The van der Waals surface area contributed by atoms with Crippen molar-refractivity contribution in [2.24, 2.45) is 5.92 Å². The molecule has 0 aromatic heterocycles. The van der Waals surface area contributed by atoms with Gasteiger partial charge in [0.1, 0.15) is 0 Å². The van der Waals surface area contributed by atoms with E-state index in [1.807, 2.05) is 0 Å². The van der Waals surface area contributed by atoms with Crippen LogP contribution in [0.25, 0.3) is 0 Å². The van der Waals surface area contributed by atoms with Gasteiger partial charge in [0.05, 0.1) is 13.2 Å². The van der Waals surface area contributed by atoms with Crippen molar-refractivity contribution in [1.82, 2.24) is 10.2 Å². The Labute approximate surface area is 98.5 Å². The average Bonchev–Trinajstić information content (AvgIpc) is 2.82. The first-order chi connectivity index (χ1) is 7.65. The van der Waals surface area contributed by atoms with Crippen LogP contribution >= 0.6 is 0 Å². The van der Waals surface area contributed by atoms with Crippen LogP contribution in [0.15, 0.2) is 0 Å². The highest BCUT2D eigenvalue weighted by Crippen LogP contribution is 2.35. The molecule has 3 unspecified atom stereocenters. The van der Waals surface area contributed by atoms with Crippen molar-refractivity contribution in [3.8, 4) is 0 Å². The molecule has 3 heterocycles. The lowest BCUT2D eigenvalue weighted by atomic mass is 9.87. The van der Waals surface area contributed by atoms with E-state index in [1.54, 1.807) is 0 Å². The van der Waals surface area contributed by atoms with Crippen LogP contribution in [-0.4, -0.2) is 48.8 Å². The minimum Gasteiger partial charge on any atom is -0.378 e. The SMILES string of the molecule is CC1(C)COCCN1CC1CC2CCC1N2. The quantitative estimate of drug-likeness (QED) is 0.764.